The predicted molar refractivity (Wildman–Crippen MR) is 68.5 cm³/mol. The van der Waals surface area contributed by atoms with Crippen molar-refractivity contribution in [2.45, 2.75) is 37.3 Å². The van der Waals surface area contributed by atoms with Crippen LogP contribution in [-0.4, -0.2) is 34.6 Å². The Kier molecular flexibility index (Phi) is 3.35. The van der Waals surface area contributed by atoms with Gasteiger partial charge in [-0.05, 0) is 33.0 Å². The van der Waals surface area contributed by atoms with Crippen molar-refractivity contribution in [3.8, 4) is 0 Å². The van der Waals surface area contributed by atoms with E-state index < -0.39 is 6.10 Å². The molecule has 4 heteroatoms. The predicted octanol–water partition coefficient (Wildman–Crippen LogP) is 1.57. The van der Waals surface area contributed by atoms with E-state index in [4.69, 9.17) is 5.73 Å². The number of aliphatic hydroxyl groups excluding tert-OH is 1. The lowest BCUT2D eigenvalue weighted by Gasteiger charge is -2.40. The third kappa shape index (κ3) is 2.03. The fourth-order valence-electron chi connectivity index (χ4n) is 2.89. The number of aliphatic hydroxyl groups is 1. The highest BCUT2D eigenvalue weighted by atomic mass is 16.3. The summed E-state index contributed by atoms with van der Waals surface area (Å²) >= 11 is 0. The Morgan fingerprint density at radius 1 is 1.41 bits per heavy atom. The maximum absolute atomic E-state index is 10.7. The standard InChI is InChI=1S/C13H21N3O/c1-16(2)13(6-3-4-7-13)12(17)10-9-15-8-5-11(10)14/h5,8-9,12,17H,3-4,6-7H2,1-2H3,(H2,14,15). The van der Waals surface area contributed by atoms with Gasteiger partial charge in [0, 0.05) is 23.6 Å². The first-order valence-corrected chi connectivity index (χ1v) is 6.13. The molecule has 2 rings (SSSR count). The van der Waals surface area contributed by atoms with Crippen LogP contribution in [0, 0.1) is 0 Å². The molecule has 1 heterocycles. The molecule has 1 unspecified atom stereocenters. The van der Waals surface area contributed by atoms with Crippen LogP contribution in [0.5, 0.6) is 0 Å². The van der Waals surface area contributed by atoms with E-state index in [-0.39, 0.29) is 5.54 Å². The van der Waals surface area contributed by atoms with Crippen molar-refractivity contribution in [3.63, 3.8) is 0 Å². The van der Waals surface area contributed by atoms with Crippen molar-refractivity contribution < 1.29 is 5.11 Å². The summed E-state index contributed by atoms with van der Waals surface area (Å²) in [4.78, 5) is 6.21. The van der Waals surface area contributed by atoms with Crippen LogP contribution in [0.4, 0.5) is 5.69 Å². The molecule has 0 bridgehead atoms. The number of nitrogens with two attached hydrogens (primary N) is 1. The summed E-state index contributed by atoms with van der Waals surface area (Å²) in [6.45, 7) is 0. The summed E-state index contributed by atoms with van der Waals surface area (Å²) in [5.41, 5.74) is 7.12. The summed E-state index contributed by atoms with van der Waals surface area (Å²) in [6.07, 6.45) is 7.12. The van der Waals surface area contributed by atoms with E-state index in [0.29, 0.717) is 5.69 Å². The number of aromatic nitrogens is 1. The van der Waals surface area contributed by atoms with Crippen LogP contribution in [0.15, 0.2) is 18.5 Å². The van der Waals surface area contributed by atoms with Gasteiger partial charge in [0.25, 0.3) is 0 Å². The molecular weight excluding hydrogens is 214 g/mol. The van der Waals surface area contributed by atoms with Gasteiger partial charge in [0.2, 0.25) is 0 Å². The van der Waals surface area contributed by atoms with Crippen LogP contribution in [0.2, 0.25) is 0 Å². The molecule has 1 atom stereocenters. The zero-order valence-corrected chi connectivity index (χ0v) is 10.6. The molecule has 94 valence electrons. The number of nitrogens with zero attached hydrogens (tertiary/aromatic N) is 2. The van der Waals surface area contributed by atoms with E-state index >= 15 is 0 Å². The van der Waals surface area contributed by atoms with Crippen molar-refractivity contribution in [2.24, 2.45) is 0 Å². The maximum Gasteiger partial charge on any atom is 0.101 e. The first-order valence-electron chi connectivity index (χ1n) is 6.13. The van der Waals surface area contributed by atoms with Gasteiger partial charge < -0.3 is 15.7 Å². The van der Waals surface area contributed by atoms with Crippen molar-refractivity contribution in [1.82, 2.24) is 9.88 Å². The number of nitrogen functional groups attached to an aromatic ring is 1. The minimum absolute atomic E-state index is 0.183. The Hall–Kier alpha value is -1.13. The highest BCUT2D eigenvalue weighted by Gasteiger charge is 2.43. The van der Waals surface area contributed by atoms with Gasteiger partial charge in [-0.1, -0.05) is 12.8 Å². The van der Waals surface area contributed by atoms with Crippen molar-refractivity contribution in [1.29, 1.82) is 0 Å². The second-order valence-electron chi connectivity index (χ2n) is 5.11. The van der Waals surface area contributed by atoms with Gasteiger partial charge in [0.05, 0.1) is 5.54 Å². The Labute approximate surface area is 102 Å². The van der Waals surface area contributed by atoms with E-state index in [1.165, 1.54) is 0 Å². The lowest BCUT2D eigenvalue weighted by molar-refractivity contribution is -0.00449. The largest absolute Gasteiger partial charge is 0.398 e. The SMILES string of the molecule is CN(C)C1(C(O)c2cnccc2N)CCCC1. The van der Waals surface area contributed by atoms with Gasteiger partial charge in [-0.3, -0.25) is 4.98 Å². The zero-order valence-electron chi connectivity index (χ0n) is 10.6. The molecule has 0 radical (unpaired) electrons. The van der Waals surface area contributed by atoms with Gasteiger partial charge in [-0.15, -0.1) is 0 Å². The smallest absolute Gasteiger partial charge is 0.101 e. The normalized spacial score (nSPS) is 20.7. The zero-order chi connectivity index (χ0) is 12.5. The lowest BCUT2D eigenvalue weighted by atomic mass is 9.85. The van der Waals surface area contributed by atoms with E-state index in [0.717, 1.165) is 31.2 Å². The van der Waals surface area contributed by atoms with Crippen molar-refractivity contribution in [2.75, 3.05) is 19.8 Å². The number of anilines is 1. The first-order chi connectivity index (χ1) is 8.08. The van der Waals surface area contributed by atoms with Gasteiger partial charge in [0.1, 0.15) is 6.10 Å². The van der Waals surface area contributed by atoms with Crippen LogP contribution >= 0.6 is 0 Å². The second kappa shape index (κ2) is 4.63. The summed E-state index contributed by atoms with van der Waals surface area (Å²) in [5, 5.41) is 10.7. The monoisotopic (exact) mass is 235 g/mol. The summed E-state index contributed by atoms with van der Waals surface area (Å²) in [7, 11) is 4.06. The van der Waals surface area contributed by atoms with E-state index in [1.54, 1.807) is 18.5 Å². The molecule has 17 heavy (non-hydrogen) atoms. The Morgan fingerprint density at radius 3 is 2.59 bits per heavy atom. The Morgan fingerprint density at radius 2 is 2.06 bits per heavy atom. The fourth-order valence-corrected chi connectivity index (χ4v) is 2.89. The quantitative estimate of drug-likeness (QED) is 0.835. The second-order valence-corrected chi connectivity index (χ2v) is 5.11. The molecule has 1 saturated carbocycles. The van der Waals surface area contributed by atoms with Gasteiger partial charge >= 0.3 is 0 Å². The molecule has 0 aliphatic heterocycles. The van der Waals surface area contributed by atoms with Crippen LogP contribution in [0.25, 0.3) is 0 Å². The molecule has 1 aliphatic rings. The number of hydrogen-bond acceptors (Lipinski definition) is 4. The van der Waals surface area contributed by atoms with Crippen LogP contribution < -0.4 is 5.73 Å². The number of likely N-dealkylation sites (N-methyl/N-ethyl adjacent to an activating group) is 1. The molecule has 1 aromatic heterocycles. The third-order valence-electron chi connectivity index (χ3n) is 4.05. The third-order valence-corrected chi connectivity index (χ3v) is 4.05. The highest BCUT2D eigenvalue weighted by Crippen LogP contribution is 2.44. The van der Waals surface area contributed by atoms with Gasteiger partial charge in [0.15, 0.2) is 0 Å². The number of pyridine rings is 1. The molecule has 3 N–H and O–H groups in total. The van der Waals surface area contributed by atoms with Crippen molar-refractivity contribution >= 4 is 5.69 Å². The fraction of sp³-hybridized carbons (Fsp3) is 0.615. The lowest BCUT2D eigenvalue weighted by Crippen LogP contribution is -2.47. The molecule has 1 aromatic rings. The molecule has 1 aliphatic carbocycles. The number of hydrogen-bond donors (Lipinski definition) is 2. The van der Waals surface area contributed by atoms with Crippen LogP contribution in [0.1, 0.15) is 37.4 Å². The Bertz CT molecular complexity index is 386. The summed E-state index contributed by atoms with van der Waals surface area (Å²) < 4.78 is 0. The first kappa shape index (κ1) is 12.3. The van der Waals surface area contributed by atoms with Gasteiger partial charge in [-0.25, -0.2) is 0 Å². The maximum atomic E-state index is 10.7. The van der Waals surface area contributed by atoms with E-state index in [2.05, 4.69) is 9.88 Å². The molecule has 1 fully saturated rings. The minimum Gasteiger partial charge on any atom is -0.398 e. The summed E-state index contributed by atoms with van der Waals surface area (Å²) in [5.74, 6) is 0. The van der Waals surface area contributed by atoms with E-state index in [1.807, 2.05) is 14.1 Å². The minimum atomic E-state index is -0.561. The van der Waals surface area contributed by atoms with Crippen LogP contribution in [0.3, 0.4) is 0 Å². The molecule has 0 saturated heterocycles. The van der Waals surface area contributed by atoms with Crippen LogP contribution in [-0.2, 0) is 0 Å². The topological polar surface area (TPSA) is 62.4 Å². The average Bonchev–Trinajstić information content (AvgIpc) is 2.79. The molecule has 0 spiro atoms. The molecule has 0 aromatic carbocycles. The summed E-state index contributed by atoms with van der Waals surface area (Å²) in [6, 6.07) is 1.75. The number of rotatable bonds is 3. The average molecular weight is 235 g/mol. The van der Waals surface area contributed by atoms with Crippen molar-refractivity contribution in [3.05, 3.63) is 24.0 Å². The van der Waals surface area contributed by atoms with Gasteiger partial charge in [-0.2, -0.15) is 0 Å². The Balaban J connectivity index is 2.35. The highest BCUT2D eigenvalue weighted by molar-refractivity contribution is 5.46. The molecular formula is C13H21N3O. The van der Waals surface area contributed by atoms with E-state index in [9.17, 15) is 5.11 Å². The molecule has 0 amide bonds. The molecule has 4 nitrogen and oxygen atoms in total.